The molecule has 0 radical (unpaired) electrons. The number of aromatic nitrogens is 4. The van der Waals surface area contributed by atoms with E-state index in [-0.39, 0.29) is 35.5 Å². The monoisotopic (exact) mass is 516 g/mol. The smallest absolute Gasteiger partial charge is 0.273 e. The van der Waals surface area contributed by atoms with Gasteiger partial charge in [0.05, 0.1) is 23.9 Å². The molecule has 1 saturated heterocycles. The summed E-state index contributed by atoms with van der Waals surface area (Å²) >= 11 is 6.09. The van der Waals surface area contributed by atoms with Crippen LogP contribution in [0.25, 0.3) is 0 Å². The summed E-state index contributed by atoms with van der Waals surface area (Å²) in [6.45, 7) is 4.67. The fourth-order valence-electron chi connectivity index (χ4n) is 5.36. The van der Waals surface area contributed by atoms with Crippen LogP contribution >= 0.6 is 11.6 Å². The average Bonchev–Trinajstić information content (AvgIpc) is 3.33. The fraction of sp³-hybridized carbons (Fsp3) is 0.407. The first-order chi connectivity index (χ1) is 18.2. The predicted molar refractivity (Wildman–Crippen MR) is 136 cm³/mol. The molecule has 2 aliphatic carbocycles. The lowest BCUT2D eigenvalue weighted by atomic mass is 9.74. The molecule has 3 fully saturated rings. The molecule has 1 aliphatic heterocycles. The number of amides is 2. The van der Waals surface area contributed by atoms with Crippen LogP contribution in [-0.2, 0) is 4.79 Å². The van der Waals surface area contributed by atoms with Crippen LogP contribution in [0.15, 0.2) is 36.7 Å². The molecule has 2 saturated carbocycles. The van der Waals surface area contributed by atoms with Gasteiger partial charge in [-0.3, -0.25) is 14.5 Å². The number of carbonyl (C=O) groups is 2. The molecule has 188 valence electrons. The van der Waals surface area contributed by atoms with Crippen LogP contribution < -0.4 is 10.2 Å². The molecule has 3 atom stereocenters. The first-order valence-electron chi connectivity index (χ1n) is 12.9. The number of piperidine rings is 1. The van der Waals surface area contributed by atoms with E-state index in [1.807, 2.05) is 19.9 Å². The predicted octanol–water partition coefficient (Wildman–Crippen LogP) is 3.77. The number of hydrogen-bond donors (Lipinski definition) is 1. The van der Waals surface area contributed by atoms with Crippen molar-refractivity contribution < 1.29 is 11.0 Å². The van der Waals surface area contributed by atoms with E-state index in [1.54, 1.807) is 40.2 Å². The fourth-order valence-corrected chi connectivity index (χ4v) is 5.53. The van der Waals surface area contributed by atoms with Gasteiger partial charge in [-0.1, -0.05) is 16.8 Å². The zero-order chi connectivity index (χ0) is 26.8. The third kappa shape index (κ3) is 4.25. The normalized spacial score (nSPS) is 27.1. The average molecular weight is 517 g/mol. The van der Waals surface area contributed by atoms with Crippen LogP contribution in [0.4, 0.5) is 5.82 Å². The lowest BCUT2D eigenvalue weighted by molar-refractivity contribution is -0.118. The molecule has 3 aromatic rings. The van der Waals surface area contributed by atoms with Gasteiger partial charge in [-0.05, 0) is 85.9 Å². The van der Waals surface area contributed by atoms with Gasteiger partial charge in [0, 0.05) is 31.1 Å². The number of pyridine rings is 1. The number of anilines is 1. The summed E-state index contributed by atoms with van der Waals surface area (Å²) in [6, 6.07) is 8.54. The standard InChI is InChI=1S/C27H26ClN7O2/c1-14-5-25(34-12-18-8-22(18)27(34)37)30-11-23(14)15(2)35-13-24(32-33-35)26(36)31-20-6-17(7-20)21-9-19(28)4-3-16(21)10-29/h3-5,9,11,13,15,17-18,20,22H,6-8,12H2,1-2H3,(H,31,36)/t15-,17?,18+,20?,22+/m0/s1/i17D. The minimum absolute atomic E-state index is 0.168. The van der Waals surface area contributed by atoms with E-state index in [4.69, 9.17) is 13.0 Å². The molecule has 2 amide bonds. The van der Waals surface area contributed by atoms with Crippen molar-refractivity contribution in [1.29, 1.82) is 5.26 Å². The molecule has 0 spiro atoms. The maximum atomic E-state index is 12.9. The van der Waals surface area contributed by atoms with Crippen molar-refractivity contribution in [1.82, 2.24) is 25.3 Å². The van der Waals surface area contributed by atoms with Gasteiger partial charge in [0.25, 0.3) is 5.91 Å². The minimum Gasteiger partial charge on any atom is -0.348 e. The van der Waals surface area contributed by atoms with Crippen LogP contribution in [0.5, 0.6) is 0 Å². The van der Waals surface area contributed by atoms with Gasteiger partial charge in [-0.2, -0.15) is 5.26 Å². The summed E-state index contributed by atoms with van der Waals surface area (Å²) in [5, 5.41) is 21.0. The largest absolute Gasteiger partial charge is 0.348 e. The third-order valence-electron chi connectivity index (χ3n) is 7.73. The lowest BCUT2D eigenvalue weighted by Crippen LogP contribution is -2.43. The van der Waals surface area contributed by atoms with Gasteiger partial charge < -0.3 is 5.32 Å². The molecule has 6 rings (SSSR count). The number of carbonyl (C=O) groups excluding carboxylic acids is 2. The summed E-state index contributed by atoms with van der Waals surface area (Å²) < 4.78 is 10.4. The SMILES string of the molecule is [2H]C1(c2cc(Cl)ccc2C#N)CC(NC(=O)c2cn([C@@H](C)c3cnc(N4C[C@H]5C[C@H]5C4=O)cc3C)nn2)C1. The van der Waals surface area contributed by atoms with Crippen LogP contribution in [0, 0.1) is 30.1 Å². The Morgan fingerprint density at radius 1 is 1.32 bits per heavy atom. The Kier molecular flexibility index (Phi) is 5.43. The Hall–Kier alpha value is -3.77. The maximum Gasteiger partial charge on any atom is 0.273 e. The number of aryl methyl sites for hydroxylation is 1. The maximum absolute atomic E-state index is 12.9. The quantitative estimate of drug-likeness (QED) is 0.533. The zero-order valence-corrected chi connectivity index (χ0v) is 21.2. The third-order valence-corrected chi connectivity index (χ3v) is 7.97. The Morgan fingerprint density at radius 2 is 2.14 bits per heavy atom. The van der Waals surface area contributed by atoms with Crippen molar-refractivity contribution in [3.05, 3.63) is 69.6 Å². The van der Waals surface area contributed by atoms with E-state index in [0.29, 0.717) is 40.7 Å². The molecular weight excluding hydrogens is 490 g/mol. The molecule has 0 unspecified atom stereocenters. The summed E-state index contributed by atoms with van der Waals surface area (Å²) in [5.74, 6) is 0.170. The summed E-state index contributed by atoms with van der Waals surface area (Å²) in [6.07, 6.45) is 5.11. The van der Waals surface area contributed by atoms with E-state index in [9.17, 15) is 14.9 Å². The second-order valence-corrected chi connectivity index (χ2v) is 10.6. The number of hydrogen-bond acceptors (Lipinski definition) is 6. The van der Waals surface area contributed by atoms with Gasteiger partial charge in [-0.25, -0.2) is 9.67 Å². The molecule has 1 N–H and O–H groups in total. The van der Waals surface area contributed by atoms with Crippen molar-refractivity contribution in [2.45, 2.75) is 51.1 Å². The Morgan fingerprint density at radius 3 is 2.84 bits per heavy atom. The van der Waals surface area contributed by atoms with Gasteiger partial charge in [0.2, 0.25) is 5.91 Å². The van der Waals surface area contributed by atoms with Crippen molar-refractivity contribution in [2.24, 2.45) is 11.8 Å². The number of nitrogens with one attached hydrogen (secondary N) is 1. The highest BCUT2D eigenvalue weighted by Crippen LogP contribution is 2.47. The topological polar surface area (TPSA) is 117 Å². The van der Waals surface area contributed by atoms with E-state index < -0.39 is 5.89 Å². The van der Waals surface area contributed by atoms with Crippen molar-refractivity contribution >= 4 is 29.2 Å². The molecule has 37 heavy (non-hydrogen) atoms. The first kappa shape index (κ1) is 22.4. The zero-order valence-electron chi connectivity index (χ0n) is 21.5. The van der Waals surface area contributed by atoms with E-state index in [0.717, 1.165) is 24.1 Å². The molecule has 3 heterocycles. The Bertz CT molecular complexity index is 1510. The van der Waals surface area contributed by atoms with E-state index >= 15 is 0 Å². The number of benzene rings is 1. The van der Waals surface area contributed by atoms with Crippen molar-refractivity contribution in [3.63, 3.8) is 0 Å². The van der Waals surface area contributed by atoms with Gasteiger partial charge in [-0.15, -0.1) is 5.10 Å². The molecule has 2 aromatic heterocycles. The van der Waals surface area contributed by atoms with Gasteiger partial charge >= 0.3 is 0 Å². The summed E-state index contributed by atoms with van der Waals surface area (Å²) in [5.41, 5.74) is 3.10. The molecular formula is C27H26ClN7O2. The van der Waals surface area contributed by atoms with Gasteiger partial charge in [0.1, 0.15) is 5.82 Å². The Labute approximate surface area is 220 Å². The molecule has 0 bridgehead atoms. The van der Waals surface area contributed by atoms with Crippen molar-refractivity contribution in [2.75, 3.05) is 11.4 Å². The van der Waals surface area contributed by atoms with E-state index in [2.05, 4.69) is 26.7 Å². The second-order valence-electron chi connectivity index (χ2n) is 10.2. The highest BCUT2D eigenvalue weighted by molar-refractivity contribution is 6.30. The number of rotatable bonds is 6. The molecule has 1 aromatic carbocycles. The number of fused-ring (bicyclic) bond motifs is 1. The van der Waals surface area contributed by atoms with Gasteiger partial charge in [0.15, 0.2) is 5.69 Å². The van der Waals surface area contributed by atoms with Crippen LogP contribution in [0.2, 0.25) is 5.02 Å². The number of nitrogens with zero attached hydrogens (tertiary/aromatic N) is 6. The van der Waals surface area contributed by atoms with Crippen LogP contribution in [0.3, 0.4) is 0 Å². The first-order valence-corrected chi connectivity index (χ1v) is 12.8. The highest BCUT2D eigenvalue weighted by Gasteiger charge is 2.52. The lowest BCUT2D eigenvalue weighted by Gasteiger charge is -2.36. The highest BCUT2D eigenvalue weighted by atomic mass is 35.5. The van der Waals surface area contributed by atoms with Crippen LogP contribution in [0.1, 0.15) is 72.2 Å². The Balaban J connectivity index is 1.10. The number of nitriles is 1. The minimum atomic E-state index is -0.975. The summed E-state index contributed by atoms with van der Waals surface area (Å²) in [7, 11) is 0. The summed E-state index contributed by atoms with van der Waals surface area (Å²) in [4.78, 5) is 31.6. The van der Waals surface area contributed by atoms with E-state index in [1.165, 1.54) is 0 Å². The second kappa shape index (κ2) is 8.96. The van der Waals surface area contributed by atoms with Crippen molar-refractivity contribution in [3.8, 4) is 6.07 Å². The molecule has 9 nitrogen and oxygen atoms in total. The molecule has 10 heteroatoms. The number of halogens is 1. The van der Waals surface area contributed by atoms with Crippen LogP contribution in [-0.4, -0.2) is 44.4 Å². The molecule has 3 aliphatic rings.